The standard InChI is InChI=1S/C14H23N3O/c1-10(2)12-9-13(17-16-12)15-14(18)11-7-5-3-4-6-8-11/h9-11H,3-8H2,1-2H3,(H2,15,16,17,18). The summed E-state index contributed by atoms with van der Waals surface area (Å²) in [5.74, 6) is 1.37. The monoisotopic (exact) mass is 249 g/mol. The van der Waals surface area contributed by atoms with Crippen LogP contribution in [0.5, 0.6) is 0 Å². The van der Waals surface area contributed by atoms with Gasteiger partial charge in [-0.3, -0.25) is 9.89 Å². The van der Waals surface area contributed by atoms with Crippen LogP contribution in [0, 0.1) is 5.92 Å². The lowest BCUT2D eigenvalue weighted by Gasteiger charge is -2.12. The van der Waals surface area contributed by atoms with E-state index in [1.54, 1.807) is 0 Å². The number of amides is 1. The maximum absolute atomic E-state index is 12.1. The highest BCUT2D eigenvalue weighted by Gasteiger charge is 2.20. The van der Waals surface area contributed by atoms with Gasteiger partial charge in [-0.25, -0.2) is 0 Å². The quantitative estimate of drug-likeness (QED) is 0.806. The van der Waals surface area contributed by atoms with E-state index in [0.29, 0.717) is 11.7 Å². The fraction of sp³-hybridized carbons (Fsp3) is 0.714. The van der Waals surface area contributed by atoms with Crippen LogP contribution in [0.1, 0.15) is 64.0 Å². The average molecular weight is 249 g/mol. The third-order valence-corrected chi connectivity index (χ3v) is 3.70. The second-order valence-electron chi connectivity index (χ2n) is 5.54. The molecule has 1 aromatic rings. The summed E-state index contributed by atoms with van der Waals surface area (Å²) in [4.78, 5) is 12.1. The highest BCUT2D eigenvalue weighted by atomic mass is 16.1. The highest BCUT2D eigenvalue weighted by Crippen LogP contribution is 2.24. The van der Waals surface area contributed by atoms with Crippen molar-refractivity contribution in [3.05, 3.63) is 11.8 Å². The van der Waals surface area contributed by atoms with Crippen molar-refractivity contribution in [3.63, 3.8) is 0 Å². The van der Waals surface area contributed by atoms with Crippen molar-refractivity contribution in [1.29, 1.82) is 0 Å². The molecule has 1 fully saturated rings. The van der Waals surface area contributed by atoms with Gasteiger partial charge in [-0.1, -0.05) is 39.5 Å². The smallest absolute Gasteiger partial charge is 0.228 e. The molecule has 0 saturated heterocycles. The first kappa shape index (κ1) is 13.1. The van der Waals surface area contributed by atoms with Crippen LogP contribution in [-0.4, -0.2) is 16.1 Å². The van der Waals surface area contributed by atoms with Crippen LogP contribution in [0.3, 0.4) is 0 Å². The number of hydrogen-bond donors (Lipinski definition) is 2. The van der Waals surface area contributed by atoms with Gasteiger partial charge in [-0.2, -0.15) is 5.10 Å². The number of H-pyrrole nitrogens is 1. The molecule has 1 heterocycles. The first-order chi connectivity index (χ1) is 8.66. The second kappa shape index (κ2) is 6.03. The Morgan fingerprint density at radius 1 is 1.33 bits per heavy atom. The van der Waals surface area contributed by atoms with E-state index in [4.69, 9.17) is 0 Å². The van der Waals surface area contributed by atoms with Crippen LogP contribution >= 0.6 is 0 Å². The van der Waals surface area contributed by atoms with Gasteiger partial charge in [0.25, 0.3) is 0 Å². The zero-order chi connectivity index (χ0) is 13.0. The number of carbonyl (C=O) groups excluding carboxylic acids is 1. The molecule has 1 saturated carbocycles. The molecule has 2 N–H and O–H groups in total. The SMILES string of the molecule is CC(C)c1cc(NC(=O)C2CCCCCC2)n[nH]1. The predicted molar refractivity (Wildman–Crippen MR) is 72.5 cm³/mol. The number of hydrogen-bond acceptors (Lipinski definition) is 2. The molecule has 1 aliphatic carbocycles. The fourth-order valence-electron chi connectivity index (χ4n) is 2.47. The molecule has 0 bridgehead atoms. The van der Waals surface area contributed by atoms with Gasteiger partial charge in [0.15, 0.2) is 5.82 Å². The third kappa shape index (κ3) is 3.34. The number of rotatable bonds is 3. The summed E-state index contributed by atoms with van der Waals surface area (Å²) in [5, 5.41) is 10.0. The zero-order valence-electron chi connectivity index (χ0n) is 11.3. The van der Waals surface area contributed by atoms with Gasteiger partial charge in [-0.05, 0) is 18.8 Å². The van der Waals surface area contributed by atoms with E-state index >= 15 is 0 Å². The minimum Gasteiger partial charge on any atom is -0.309 e. The van der Waals surface area contributed by atoms with E-state index in [0.717, 1.165) is 18.5 Å². The van der Waals surface area contributed by atoms with E-state index in [2.05, 4.69) is 29.4 Å². The number of anilines is 1. The molecular formula is C14H23N3O. The van der Waals surface area contributed by atoms with Gasteiger partial charge >= 0.3 is 0 Å². The first-order valence-electron chi connectivity index (χ1n) is 7.03. The number of aromatic nitrogens is 2. The molecule has 1 amide bonds. The van der Waals surface area contributed by atoms with Crippen molar-refractivity contribution in [2.24, 2.45) is 5.92 Å². The van der Waals surface area contributed by atoms with Crippen LogP contribution in [0.15, 0.2) is 6.07 Å². The van der Waals surface area contributed by atoms with Crippen molar-refractivity contribution < 1.29 is 4.79 Å². The summed E-state index contributed by atoms with van der Waals surface area (Å²) in [6, 6.07) is 1.93. The number of aromatic amines is 1. The van der Waals surface area contributed by atoms with Gasteiger partial charge in [0.2, 0.25) is 5.91 Å². The molecule has 1 aliphatic rings. The van der Waals surface area contributed by atoms with Crippen LogP contribution in [0.2, 0.25) is 0 Å². The van der Waals surface area contributed by atoms with Crippen molar-refractivity contribution in [2.75, 3.05) is 5.32 Å². The van der Waals surface area contributed by atoms with Crippen molar-refractivity contribution in [1.82, 2.24) is 10.2 Å². The Hall–Kier alpha value is -1.32. The third-order valence-electron chi connectivity index (χ3n) is 3.70. The molecule has 0 aromatic carbocycles. The van der Waals surface area contributed by atoms with E-state index in [9.17, 15) is 4.79 Å². The maximum Gasteiger partial charge on any atom is 0.228 e. The van der Waals surface area contributed by atoms with Crippen LogP contribution in [-0.2, 0) is 4.79 Å². The van der Waals surface area contributed by atoms with E-state index < -0.39 is 0 Å². The Morgan fingerprint density at radius 3 is 2.56 bits per heavy atom. The maximum atomic E-state index is 12.1. The topological polar surface area (TPSA) is 57.8 Å². The Labute approximate surface area is 109 Å². The zero-order valence-corrected chi connectivity index (χ0v) is 11.3. The molecular weight excluding hydrogens is 226 g/mol. The molecule has 1 aromatic heterocycles. The molecule has 0 atom stereocenters. The molecule has 0 spiro atoms. The number of nitrogens with one attached hydrogen (secondary N) is 2. The van der Waals surface area contributed by atoms with Gasteiger partial charge in [0.1, 0.15) is 0 Å². The summed E-state index contributed by atoms with van der Waals surface area (Å²) >= 11 is 0. The predicted octanol–water partition coefficient (Wildman–Crippen LogP) is 3.44. The summed E-state index contributed by atoms with van der Waals surface area (Å²) in [7, 11) is 0. The molecule has 0 unspecified atom stereocenters. The summed E-state index contributed by atoms with van der Waals surface area (Å²) in [5.41, 5.74) is 1.06. The molecule has 100 valence electrons. The summed E-state index contributed by atoms with van der Waals surface area (Å²) < 4.78 is 0. The van der Waals surface area contributed by atoms with E-state index in [-0.39, 0.29) is 11.8 Å². The molecule has 4 nitrogen and oxygen atoms in total. The lowest BCUT2D eigenvalue weighted by Crippen LogP contribution is -2.22. The largest absolute Gasteiger partial charge is 0.309 e. The minimum atomic E-state index is 0.138. The fourth-order valence-corrected chi connectivity index (χ4v) is 2.47. The first-order valence-corrected chi connectivity index (χ1v) is 7.03. The second-order valence-corrected chi connectivity index (χ2v) is 5.54. The minimum absolute atomic E-state index is 0.138. The van der Waals surface area contributed by atoms with Crippen LogP contribution < -0.4 is 5.32 Å². The normalized spacial score (nSPS) is 17.7. The van der Waals surface area contributed by atoms with Gasteiger partial charge < -0.3 is 5.32 Å². The Balaban J connectivity index is 1.92. The van der Waals surface area contributed by atoms with Crippen LogP contribution in [0.4, 0.5) is 5.82 Å². The lowest BCUT2D eigenvalue weighted by atomic mass is 9.99. The Bertz CT molecular complexity index is 389. The van der Waals surface area contributed by atoms with E-state index in [1.165, 1.54) is 25.7 Å². The van der Waals surface area contributed by atoms with Crippen molar-refractivity contribution in [2.45, 2.75) is 58.3 Å². The molecule has 0 aliphatic heterocycles. The Morgan fingerprint density at radius 2 is 2.00 bits per heavy atom. The molecule has 18 heavy (non-hydrogen) atoms. The molecule has 2 rings (SSSR count). The van der Waals surface area contributed by atoms with Gasteiger partial charge in [0.05, 0.1) is 0 Å². The number of carbonyl (C=O) groups is 1. The van der Waals surface area contributed by atoms with Crippen molar-refractivity contribution in [3.8, 4) is 0 Å². The lowest BCUT2D eigenvalue weighted by molar-refractivity contribution is -0.120. The molecule has 4 heteroatoms. The average Bonchev–Trinajstić information content (AvgIpc) is 2.64. The van der Waals surface area contributed by atoms with Gasteiger partial charge in [-0.15, -0.1) is 0 Å². The summed E-state index contributed by atoms with van der Waals surface area (Å²) in [6.45, 7) is 4.20. The Kier molecular flexibility index (Phi) is 4.39. The van der Waals surface area contributed by atoms with Crippen LogP contribution in [0.25, 0.3) is 0 Å². The van der Waals surface area contributed by atoms with Gasteiger partial charge in [0, 0.05) is 17.7 Å². The summed E-state index contributed by atoms with van der Waals surface area (Å²) in [6.07, 6.45) is 6.93. The highest BCUT2D eigenvalue weighted by molar-refractivity contribution is 5.91. The molecule has 0 radical (unpaired) electrons. The van der Waals surface area contributed by atoms with E-state index in [1.807, 2.05) is 6.07 Å². The van der Waals surface area contributed by atoms with Crippen molar-refractivity contribution >= 4 is 11.7 Å². The number of nitrogens with zero attached hydrogens (tertiary/aromatic N) is 1.